The number of hydrogen-bond donors (Lipinski definition) is 0. The summed E-state index contributed by atoms with van der Waals surface area (Å²) >= 11 is 0. The lowest BCUT2D eigenvalue weighted by Gasteiger charge is -2.22. The molecule has 0 fully saturated rings. The molecule has 3 heteroatoms. The van der Waals surface area contributed by atoms with Gasteiger partial charge in [-0.05, 0) is 33.8 Å². The average Bonchev–Trinajstić information content (AvgIpc) is 2.65. The number of aromatic nitrogens is 3. The number of rotatable bonds is 1. The molecule has 1 aromatic carbocycles. The monoisotopic (exact) mass is 215 g/mol. The van der Waals surface area contributed by atoms with Gasteiger partial charge < -0.3 is 4.57 Å². The number of hydrogen-bond acceptors (Lipinski definition) is 2. The smallest absolute Gasteiger partial charge is 0.164 e. The predicted octanol–water partition coefficient (Wildman–Crippen LogP) is 3.01. The highest BCUT2D eigenvalue weighted by atomic mass is 15.3. The lowest BCUT2D eigenvalue weighted by Crippen LogP contribution is -2.21. The Hall–Kier alpha value is -1.64. The van der Waals surface area contributed by atoms with Crippen molar-refractivity contribution in [3.8, 4) is 11.4 Å². The summed E-state index contributed by atoms with van der Waals surface area (Å²) in [6.07, 6.45) is 1.79. The number of aryl methyl sites for hydroxylation is 1. The van der Waals surface area contributed by atoms with Gasteiger partial charge in [0.05, 0.1) is 0 Å². The minimum atomic E-state index is 0.00256. The van der Waals surface area contributed by atoms with Gasteiger partial charge in [-0.15, -0.1) is 10.2 Å². The third-order valence-electron chi connectivity index (χ3n) is 2.55. The van der Waals surface area contributed by atoms with Gasteiger partial charge in [0.2, 0.25) is 0 Å². The Balaban J connectivity index is 2.53. The van der Waals surface area contributed by atoms with Gasteiger partial charge in [0.25, 0.3) is 0 Å². The fraction of sp³-hybridized carbons (Fsp3) is 0.385. The number of benzene rings is 1. The van der Waals surface area contributed by atoms with Gasteiger partial charge in [0.15, 0.2) is 5.82 Å². The first-order chi connectivity index (χ1) is 7.48. The summed E-state index contributed by atoms with van der Waals surface area (Å²) in [7, 11) is 0. The maximum absolute atomic E-state index is 4.21. The molecule has 84 valence electrons. The van der Waals surface area contributed by atoms with Crippen LogP contribution in [0.1, 0.15) is 26.3 Å². The molecule has 0 bridgehead atoms. The Morgan fingerprint density at radius 3 is 2.56 bits per heavy atom. The molecule has 16 heavy (non-hydrogen) atoms. The lowest BCUT2D eigenvalue weighted by atomic mass is 10.1. The SMILES string of the molecule is Cc1cccc(-c2nncn2C(C)(C)C)c1. The standard InChI is InChI=1S/C13H17N3/c1-10-6-5-7-11(8-10)12-15-14-9-16(12)13(2,3)4/h5-9H,1-4H3. The maximum Gasteiger partial charge on any atom is 0.164 e. The van der Waals surface area contributed by atoms with Crippen LogP contribution in [-0.2, 0) is 5.54 Å². The van der Waals surface area contributed by atoms with Crippen LogP contribution in [-0.4, -0.2) is 14.8 Å². The zero-order valence-corrected chi connectivity index (χ0v) is 10.2. The van der Waals surface area contributed by atoms with Crippen LogP contribution in [0.3, 0.4) is 0 Å². The highest BCUT2D eigenvalue weighted by Crippen LogP contribution is 2.23. The largest absolute Gasteiger partial charge is 0.308 e. The maximum atomic E-state index is 4.21. The van der Waals surface area contributed by atoms with E-state index >= 15 is 0 Å². The normalized spacial score (nSPS) is 11.8. The third-order valence-corrected chi connectivity index (χ3v) is 2.55. The fourth-order valence-electron chi connectivity index (χ4n) is 1.71. The van der Waals surface area contributed by atoms with E-state index < -0.39 is 0 Å². The van der Waals surface area contributed by atoms with Crippen LogP contribution in [0.25, 0.3) is 11.4 Å². The van der Waals surface area contributed by atoms with E-state index in [4.69, 9.17) is 0 Å². The first-order valence-electron chi connectivity index (χ1n) is 5.46. The van der Waals surface area contributed by atoms with Gasteiger partial charge in [0, 0.05) is 11.1 Å². The fourth-order valence-corrected chi connectivity index (χ4v) is 1.71. The summed E-state index contributed by atoms with van der Waals surface area (Å²) in [5, 5.41) is 8.21. The van der Waals surface area contributed by atoms with Crippen LogP contribution in [0.2, 0.25) is 0 Å². The van der Waals surface area contributed by atoms with Crippen molar-refractivity contribution < 1.29 is 0 Å². The Kier molecular flexibility index (Phi) is 2.54. The molecule has 2 rings (SSSR count). The van der Waals surface area contributed by atoms with Crippen LogP contribution in [0.4, 0.5) is 0 Å². The van der Waals surface area contributed by atoms with Crippen molar-refractivity contribution in [2.45, 2.75) is 33.2 Å². The summed E-state index contributed by atoms with van der Waals surface area (Å²) < 4.78 is 2.10. The number of nitrogens with zero attached hydrogens (tertiary/aromatic N) is 3. The Labute approximate surface area is 96.1 Å². The van der Waals surface area contributed by atoms with Gasteiger partial charge >= 0.3 is 0 Å². The molecule has 2 aromatic rings. The van der Waals surface area contributed by atoms with Crippen molar-refractivity contribution in [2.24, 2.45) is 0 Å². The van der Waals surface area contributed by atoms with Crippen molar-refractivity contribution in [1.82, 2.24) is 14.8 Å². The van der Waals surface area contributed by atoms with Gasteiger partial charge in [-0.25, -0.2) is 0 Å². The zero-order chi connectivity index (χ0) is 11.8. The molecule has 0 atom stereocenters. The molecule has 0 saturated carbocycles. The van der Waals surface area contributed by atoms with Crippen molar-refractivity contribution in [2.75, 3.05) is 0 Å². The van der Waals surface area contributed by atoms with E-state index in [1.807, 2.05) is 6.07 Å². The third kappa shape index (κ3) is 1.98. The highest BCUT2D eigenvalue weighted by molar-refractivity contribution is 5.56. The van der Waals surface area contributed by atoms with Crippen LogP contribution in [0.5, 0.6) is 0 Å². The molecule has 0 saturated heterocycles. The van der Waals surface area contributed by atoms with E-state index in [1.54, 1.807) is 6.33 Å². The van der Waals surface area contributed by atoms with Crippen LogP contribution in [0.15, 0.2) is 30.6 Å². The molecule has 0 unspecified atom stereocenters. The van der Waals surface area contributed by atoms with Crippen LogP contribution >= 0.6 is 0 Å². The molecule has 0 spiro atoms. The zero-order valence-electron chi connectivity index (χ0n) is 10.2. The molecule has 0 N–H and O–H groups in total. The molecule has 1 aromatic heterocycles. The van der Waals surface area contributed by atoms with Crippen molar-refractivity contribution in [3.63, 3.8) is 0 Å². The van der Waals surface area contributed by atoms with E-state index in [1.165, 1.54) is 5.56 Å². The Morgan fingerprint density at radius 1 is 1.19 bits per heavy atom. The molecule has 0 amide bonds. The topological polar surface area (TPSA) is 30.7 Å². The second-order valence-electron chi connectivity index (χ2n) is 5.06. The van der Waals surface area contributed by atoms with E-state index in [9.17, 15) is 0 Å². The molecule has 0 radical (unpaired) electrons. The van der Waals surface area contributed by atoms with Gasteiger partial charge in [0.1, 0.15) is 6.33 Å². The van der Waals surface area contributed by atoms with E-state index in [0.717, 1.165) is 11.4 Å². The Bertz CT molecular complexity index is 492. The van der Waals surface area contributed by atoms with E-state index in [2.05, 4.69) is 60.7 Å². The molecule has 0 aliphatic rings. The minimum absolute atomic E-state index is 0.00256. The lowest BCUT2D eigenvalue weighted by molar-refractivity contribution is 0.400. The van der Waals surface area contributed by atoms with Crippen LogP contribution in [0, 0.1) is 6.92 Å². The second-order valence-corrected chi connectivity index (χ2v) is 5.06. The summed E-state index contributed by atoms with van der Waals surface area (Å²) in [5.41, 5.74) is 2.36. The predicted molar refractivity (Wildman–Crippen MR) is 65.2 cm³/mol. The summed E-state index contributed by atoms with van der Waals surface area (Å²) in [4.78, 5) is 0. The molecule has 0 aliphatic carbocycles. The van der Waals surface area contributed by atoms with Gasteiger partial charge in [-0.1, -0.05) is 23.8 Å². The van der Waals surface area contributed by atoms with Gasteiger partial charge in [-0.2, -0.15) is 0 Å². The average molecular weight is 215 g/mol. The summed E-state index contributed by atoms with van der Waals surface area (Å²) in [6.45, 7) is 8.53. The second kappa shape index (κ2) is 3.74. The highest BCUT2D eigenvalue weighted by Gasteiger charge is 2.18. The van der Waals surface area contributed by atoms with E-state index in [0.29, 0.717) is 0 Å². The van der Waals surface area contributed by atoms with Gasteiger partial charge in [-0.3, -0.25) is 0 Å². The summed E-state index contributed by atoms with van der Waals surface area (Å²) in [5.74, 6) is 0.927. The van der Waals surface area contributed by atoms with Crippen molar-refractivity contribution in [1.29, 1.82) is 0 Å². The Morgan fingerprint density at radius 2 is 1.94 bits per heavy atom. The van der Waals surface area contributed by atoms with Crippen molar-refractivity contribution >= 4 is 0 Å². The van der Waals surface area contributed by atoms with E-state index in [-0.39, 0.29) is 5.54 Å². The molecular formula is C13H17N3. The molecule has 0 aliphatic heterocycles. The van der Waals surface area contributed by atoms with Crippen LogP contribution < -0.4 is 0 Å². The first-order valence-corrected chi connectivity index (χ1v) is 5.46. The molecular weight excluding hydrogens is 198 g/mol. The summed E-state index contributed by atoms with van der Waals surface area (Å²) in [6, 6.07) is 8.33. The molecule has 3 nitrogen and oxygen atoms in total. The quantitative estimate of drug-likeness (QED) is 0.732. The first kappa shape index (κ1) is 10.9. The van der Waals surface area contributed by atoms with Crippen molar-refractivity contribution in [3.05, 3.63) is 36.2 Å². The minimum Gasteiger partial charge on any atom is -0.308 e. The molecule has 1 heterocycles.